The molecule has 0 atom stereocenters. The van der Waals surface area contributed by atoms with Gasteiger partial charge < -0.3 is 14.4 Å². The molecule has 4 aromatic rings. The second-order valence-corrected chi connectivity index (χ2v) is 12.1. The van der Waals surface area contributed by atoms with E-state index < -0.39 is 0 Å². The Kier molecular flexibility index (Phi) is 7.32. The molecule has 5 heteroatoms. The molecule has 0 spiro atoms. The molecule has 0 unspecified atom stereocenters. The lowest BCUT2D eigenvalue weighted by Gasteiger charge is -1.99. The molecule has 0 aliphatic carbocycles. The van der Waals surface area contributed by atoms with E-state index in [0.717, 1.165) is 92.8 Å². The highest BCUT2D eigenvalue weighted by molar-refractivity contribution is 5.96. The van der Waals surface area contributed by atoms with Crippen LogP contribution in [0.4, 0.5) is 0 Å². The summed E-state index contributed by atoms with van der Waals surface area (Å²) in [6, 6.07) is 8.74. The van der Waals surface area contributed by atoms with Gasteiger partial charge in [0.2, 0.25) is 0 Å². The Morgan fingerprint density at radius 1 is 0.512 bits per heavy atom. The average Bonchev–Trinajstić information content (AvgIpc) is 3.72. The Labute approximate surface area is 254 Å². The summed E-state index contributed by atoms with van der Waals surface area (Å²) in [6.45, 7) is 22.0. The Balaban J connectivity index is 1.85. The van der Waals surface area contributed by atoms with Gasteiger partial charge in [0.05, 0.1) is 33.8 Å². The van der Waals surface area contributed by atoms with Crippen molar-refractivity contribution in [3.63, 3.8) is 0 Å². The zero-order valence-electron chi connectivity index (χ0n) is 27.4. The van der Waals surface area contributed by atoms with E-state index in [4.69, 9.17) is 14.4 Å². The maximum absolute atomic E-state index is 6.53. The van der Waals surface area contributed by atoms with Crippen molar-refractivity contribution < 1.29 is 4.42 Å². The minimum absolute atomic E-state index is 0.858. The Morgan fingerprint density at radius 2 is 0.907 bits per heavy atom. The van der Waals surface area contributed by atoms with Crippen LogP contribution < -0.4 is 0 Å². The fourth-order valence-electron chi connectivity index (χ4n) is 7.08. The van der Waals surface area contributed by atoms with Crippen molar-refractivity contribution >= 4 is 55.5 Å². The molecule has 0 radical (unpaired) electrons. The molecule has 43 heavy (non-hydrogen) atoms. The van der Waals surface area contributed by atoms with Crippen LogP contribution in [0.1, 0.15) is 111 Å². The summed E-state index contributed by atoms with van der Waals surface area (Å²) in [7, 11) is 0. The van der Waals surface area contributed by atoms with Crippen LogP contribution in [0, 0.1) is 27.7 Å². The Bertz CT molecular complexity index is 1930. The average molecular weight is 573 g/mol. The maximum atomic E-state index is 6.53. The van der Waals surface area contributed by atoms with Crippen LogP contribution in [0.2, 0.25) is 0 Å². The number of nitrogens with one attached hydrogen (secondary N) is 2. The van der Waals surface area contributed by atoms with Gasteiger partial charge in [-0.2, -0.15) is 0 Å². The van der Waals surface area contributed by atoms with E-state index in [0.29, 0.717) is 0 Å². The third-order valence-electron chi connectivity index (χ3n) is 9.88. The molecular formula is C38H44N4O. The first-order valence-electron chi connectivity index (χ1n) is 15.9. The van der Waals surface area contributed by atoms with Crippen molar-refractivity contribution in [3.05, 3.63) is 80.4 Å². The molecule has 2 aliphatic rings. The summed E-state index contributed by atoms with van der Waals surface area (Å²) in [5.41, 5.74) is 22.8. The number of fused-ring (bicyclic) bond motifs is 11. The van der Waals surface area contributed by atoms with Crippen molar-refractivity contribution in [3.8, 4) is 0 Å². The number of aromatic nitrogens is 4. The van der Waals surface area contributed by atoms with Crippen LogP contribution in [0.5, 0.6) is 0 Å². The first-order chi connectivity index (χ1) is 20.6. The quantitative estimate of drug-likeness (QED) is 0.255. The lowest BCUT2D eigenvalue weighted by atomic mass is 10.0. The van der Waals surface area contributed by atoms with E-state index in [2.05, 4.69) is 103 Å². The number of aryl methyl sites for hydroxylation is 6. The van der Waals surface area contributed by atoms with Gasteiger partial charge in [-0.15, -0.1) is 0 Å². The molecule has 0 saturated carbocycles. The minimum atomic E-state index is 0.858. The normalized spacial score (nSPS) is 13.5. The zero-order chi connectivity index (χ0) is 30.7. The lowest BCUT2D eigenvalue weighted by molar-refractivity contribution is 0.662. The first kappa shape index (κ1) is 29.0. The fraction of sp³-hybridized carbons (Fsp3) is 0.368. The third kappa shape index (κ3) is 4.52. The number of hydrogen-bond donors (Lipinski definition) is 2. The van der Waals surface area contributed by atoms with Gasteiger partial charge in [-0.1, -0.05) is 27.7 Å². The van der Waals surface area contributed by atoms with Gasteiger partial charge in [0.25, 0.3) is 0 Å². The molecule has 4 aromatic heterocycles. The molecule has 10 bridgehead atoms. The monoisotopic (exact) mass is 572 g/mol. The highest BCUT2D eigenvalue weighted by atomic mass is 16.3. The largest absolute Gasteiger partial charge is 0.457 e. The van der Waals surface area contributed by atoms with E-state index in [1.165, 1.54) is 44.5 Å². The smallest absolute Gasteiger partial charge is 0.132 e. The van der Waals surface area contributed by atoms with Crippen molar-refractivity contribution in [2.45, 2.75) is 94.9 Å². The van der Waals surface area contributed by atoms with Crippen LogP contribution in [-0.2, 0) is 12.8 Å². The summed E-state index contributed by atoms with van der Waals surface area (Å²) in [4.78, 5) is 18.0. The molecular weight excluding hydrogens is 528 g/mol. The van der Waals surface area contributed by atoms with Crippen molar-refractivity contribution in [1.82, 2.24) is 19.9 Å². The van der Waals surface area contributed by atoms with Crippen molar-refractivity contribution in [1.29, 1.82) is 0 Å². The fourth-order valence-corrected chi connectivity index (χ4v) is 7.08. The number of allylic oxidation sites excluding steroid dienone is 4. The highest BCUT2D eigenvalue weighted by Gasteiger charge is 2.20. The molecule has 6 rings (SSSR count). The van der Waals surface area contributed by atoms with Crippen LogP contribution in [0.15, 0.2) is 28.7 Å². The van der Waals surface area contributed by atoms with Gasteiger partial charge in [0.15, 0.2) is 0 Å². The number of hydrogen-bond acceptors (Lipinski definition) is 3. The number of aromatic amines is 2. The summed E-state index contributed by atoms with van der Waals surface area (Å²) in [6.07, 6.45) is 3.72. The SMILES string of the molecule is CCC1=C(C)c2cc3oc(cc4nc(cc5[nH]c(c(C)c5CC)c5[nH]c(cc1n2)c(CC)c5C)C(CC)=C4C)c(C)c3C. The number of nitrogens with zero attached hydrogens (tertiary/aromatic N) is 2. The van der Waals surface area contributed by atoms with E-state index >= 15 is 0 Å². The minimum Gasteiger partial charge on any atom is -0.457 e. The first-order valence-corrected chi connectivity index (χ1v) is 15.9. The second-order valence-electron chi connectivity index (χ2n) is 12.1. The molecule has 0 aromatic carbocycles. The lowest BCUT2D eigenvalue weighted by Crippen LogP contribution is -1.83. The maximum Gasteiger partial charge on any atom is 0.132 e. The molecule has 5 nitrogen and oxygen atoms in total. The summed E-state index contributed by atoms with van der Waals surface area (Å²) in [5.74, 6) is 0. The van der Waals surface area contributed by atoms with Gasteiger partial charge in [-0.25, -0.2) is 9.97 Å². The van der Waals surface area contributed by atoms with E-state index in [-0.39, 0.29) is 0 Å². The van der Waals surface area contributed by atoms with Gasteiger partial charge in [-0.3, -0.25) is 0 Å². The van der Waals surface area contributed by atoms with Crippen molar-refractivity contribution in [2.75, 3.05) is 0 Å². The molecule has 0 amide bonds. The third-order valence-corrected chi connectivity index (χ3v) is 9.88. The zero-order valence-corrected chi connectivity index (χ0v) is 27.4. The molecule has 0 fully saturated rings. The van der Waals surface area contributed by atoms with Gasteiger partial charge in [0.1, 0.15) is 11.2 Å². The second kappa shape index (κ2) is 10.9. The number of furan rings is 1. The Hall–Kier alpha value is -4.12. The molecule has 6 heterocycles. The van der Waals surface area contributed by atoms with E-state index in [1.54, 1.807) is 0 Å². The topological polar surface area (TPSA) is 70.5 Å². The number of rotatable bonds is 4. The van der Waals surface area contributed by atoms with E-state index in [9.17, 15) is 0 Å². The van der Waals surface area contributed by atoms with Gasteiger partial charge >= 0.3 is 0 Å². The standard InChI is InChI=1S/C38H44N4O/c1-11-25-21(7)29-17-35-19(5)20(6)36(43-35)18-30-22(8)26(12-2)32(40-30)16-34-28(14-4)24(10)38(42-34)37-23(9)27(13-3)33(41-37)15-31(25)39-29/h15-18,41-42H,11-14H2,1-10H3. The van der Waals surface area contributed by atoms with Crippen LogP contribution in [-0.4, -0.2) is 19.9 Å². The Morgan fingerprint density at radius 3 is 1.26 bits per heavy atom. The summed E-state index contributed by atoms with van der Waals surface area (Å²) in [5, 5.41) is 0. The molecule has 0 saturated heterocycles. The predicted octanol–water partition coefficient (Wildman–Crippen LogP) is 10.7. The summed E-state index contributed by atoms with van der Waals surface area (Å²) >= 11 is 0. The molecule has 2 aliphatic heterocycles. The van der Waals surface area contributed by atoms with Crippen molar-refractivity contribution in [2.24, 2.45) is 0 Å². The molecule has 222 valence electrons. The van der Waals surface area contributed by atoms with Crippen LogP contribution in [0.25, 0.3) is 55.5 Å². The van der Waals surface area contributed by atoms with Crippen LogP contribution >= 0.6 is 0 Å². The van der Waals surface area contributed by atoms with E-state index in [1.807, 2.05) is 0 Å². The number of H-pyrrole nitrogens is 2. The van der Waals surface area contributed by atoms with Gasteiger partial charge in [0, 0.05) is 23.2 Å². The van der Waals surface area contributed by atoms with Crippen LogP contribution in [0.3, 0.4) is 0 Å². The summed E-state index contributed by atoms with van der Waals surface area (Å²) < 4.78 is 6.53. The van der Waals surface area contributed by atoms with Gasteiger partial charge in [-0.05, 0) is 135 Å². The molecule has 2 N–H and O–H groups in total. The highest BCUT2D eigenvalue weighted by Crippen LogP contribution is 2.37. The predicted molar refractivity (Wildman–Crippen MR) is 183 cm³/mol.